The first-order valence-corrected chi connectivity index (χ1v) is 6.11. The summed E-state index contributed by atoms with van der Waals surface area (Å²) in [4.78, 5) is 11.1. The number of aromatic nitrogens is 4. The highest BCUT2D eigenvalue weighted by molar-refractivity contribution is 5.56. The molecular formula is C13H19N5. The van der Waals surface area contributed by atoms with E-state index in [1.54, 1.807) is 4.68 Å². The molecule has 0 aliphatic carbocycles. The van der Waals surface area contributed by atoms with Gasteiger partial charge in [-0.25, -0.2) is 9.97 Å². The van der Waals surface area contributed by atoms with Crippen molar-refractivity contribution in [3.05, 3.63) is 30.5 Å². The first-order chi connectivity index (χ1) is 8.65. The quantitative estimate of drug-likeness (QED) is 0.798. The van der Waals surface area contributed by atoms with Crippen LogP contribution in [-0.2, 0) is 13.5 Å². The predicted octanol–water partition coefficient (Wildman–Crippen LogP) is 1.37. The van der Waals surface area contributed by atoms with Gasteiger partial charge in [-0.1, -0.05) is 0 Å². The number of hydrogen-bond donors (Lipinski definition) is 0. The summed E-state index contributed by atoms with van der Waals surface area (Å²) in [7, 11) is 6.06. The lowest BCUT2D eigenvalue weighted by molar-refractivity contribution is 0.398. The molecule has 0 fully saturated rings. The zero-order valence-corrected chi connectivity index (χ0v) is 11.2. The lowest BCUT2D eigenvalue weighted by atomic mass is 10.2. The van der Waals surface area contributed by atoms with Gasteiger partial charge in [-0.05, 0) is 33.1 Å². The summed E-state index contributed by atoms with van der Waals surface area (Å²) in [5, 5.41) is 4.16. The topological polar surface area (TPSA) is 46.8 Å². The Bertz CT molecular complexity index is 504. The van der Waals surface area contributed by atoms with E-state index in [2.05, 4.69) is 34.1 Å². The van der Waals surface area contributed by atoms with Crippen LogP contribution in [0.1, 0.15) is 12.2 Å². The second-order valence-corrected chi connectivity index (χ2v) is 4.67. The van der Waals surface area contributed by atoms with E-state index in [4.69, 9.17) is 0 Å². The molecule has 0 unspecified atom stereocenters. The summed E-state index contributed by atoms with van der Waals surface area (Å²) in [5.41, 5.74) is 1.98. The standard InChI is InChI=1S/C13H19N5/c1-17(2)8-4-5-13-14-7-6-12(16-13)11-9-15-18(3)10-11/h6-7,9-10H,4-5,8H2,1-3H3. The van der Waals surface area contributed by atoms with Crippen molar-refractivity contribution in [2.45, 2.75) is 12.8 Å². The predicted molar refractivity (Wildman–Crippen MR) is 71.1 cm³/mol. The van der Waals surface area contributed by atoms with Crippen LogP contribution in [0, 0.1) is 0 Å². The Kier molecular flexibility index (Phi) is 4.04. The van der Waals surface area contributed by atoms with Gasteiger partial charge in [0.05, 0.1) is 11.9 Å². The molecule has 18 heavy (non-hydrogen) atoms. The van der Waals surface area contributed by atoms with Gasteiger partial charge in [-0.3, -0.25) is 4.68 Å². The van der Waals surface area contributed by atoms with Crippen molar-refractivity contribution in [1.29, 1.82) is 0 Å². The van der Waals surface area contributed by atoms with Crippen LogP contribution < -0.4 is 0 Å². The lowest BCUT2D eigenvalue weighted by Crippen LogP contribution is -2.14. The van der Waals surface area contributed by atoms with Crippen LogP contribution in [0.5, 0.6) is 0 Å². The van der Waals surface area contributed by atoms with Crippen molar-refractivity contribution in [1.82, 2.24) is 24.6 Å². The van der Waals surface area contributed by atoms with E-state index >= 15 is 0 Å². The summed E-state index contributed by atoms with van der Waals surface area (Å²) in [6, 6.07) is 1.92. The largest absolute Gasteiger partial charge is 0.309 e. The monoisotopic (exact) mass is 245 g/mol. The molecule has 0 bridgehead atoms. The van der Waals surface area contributed by atoms with Crippen LogP contribution in [-0.4, -0.2) is 45.3 Å². The fraction of sp³-hybridized carbons (Fsp3) is 0.462. The molecule has 0 aromatic carbocycles. The second kappa shape index (κ2) is 5.73. The zero-order valence-electron chi connectivity index (χ0n) is 11.2. The smallest absolute Gasteiger partial charge is 0.129 e. The van der Waals surface area contributed by atoms with Crippen molar-refractivity contribution < 1.29 is 0 Å². The van der Waals surface area contributed by atoms with Gasteiger partial charge in [0.25, 0.3) is 0 Å². The molecule has 0 amide bonds. The average Bonchev–Trinajstić information content (AvgIpc) is 2.76. The average molecular weight is 245 g/mol. The Morgan fingerprint density at radius 3 is 2.83 bits per heavy atom. The number of rotatable bonds is 5. The Balaban J connectivity index is 2.05. The van der Waals surface area contributed by atoms with Gasteiger partial charge in [0.15, 0.2) is 0 Å². The molecule has 5 nitrogen and oxygen atoms in total. The SMILES string of the molecule is CN(C)CCCc1nccc(-c2cnn(C)c2)n1. The molecule has 0 N–H and O–H groups in total. The Morgan fingerprint density at radius 1 is 1.33 bits per heavy atom. The third-order valence-corrected chi connectivity index (χ3v) is 2.71. The first-order valence-electron chi connectivity index (χ1n) is 6.11. The molecule has 2 rings (SSSR count). The van der Waals surface area contributed by atoms with Crippen molar-refractivity contribution in [2.24, 2.45) is 7.05 Å². The maximum Gasteiger partial charge on any atom is 0.129 e. The molecular weight excluding hydrogens is 226 g/mol. The minimum Gasteiger partial charge on any atom is -0.309 e. The van der Waals surface area contributed by atoms with E-state index in [-0.39, 0.29) is 0 Å². The van der Waals surface area contributed by atoms with Crippen LogP contribution in [0.3, 0.4) is 0 Å². The fourth-order valence-electron chi connectivity index (χ4n) is 1.79. The van der Waals surface area contributed by atoms with Gasteiger partial charge in [-0.2, -0.15) is 5.10 Å². The molecule has 0 radical (unpaired) electrons. The third kappa shape index (κ3) is 3.37. The molecule has 5 heteroatoms. The van der Waals surface area contributed by atoms with Gasteiger partial charge >= 0.3 is 0 Å². The Labute approximate surface area is 107 Å². The second-order valence-electron chi connectivity index (χ2n) is 4.67. The summed E-state index contributed by atoms with van der Waals surface area (Å²) in [6.07, 6.45) is 7.59. The molecule has 0 saturated heterocycles. The van der Waals surface area contributed by atoms with Gasteiger partial charge in [0, 0.05) is 31.4 Å². The Hall–Kier alpha value is -1.75. The van der Waals surface area contributed by atoms with Gasteiger partial charge in [0.2, 0.25) is 0 Å². The van der Waals surface area contributed by atoms with Crippen molar-refractivity contribution in [3.63, 3.8) is 0 Å². The van der Waals surface area contributed by atoms with Gasteiger partial charge in [0.1, 0.15) is 5.82 Å². The van der Waals surface area contributed by atoms with Crippen LogP contribution >= 0.6 is 0 Å². The molecule has 0 aliphatic heterocycles. The van der Waals surface area contributed by atoms with Gasteiger partial charge in [-0.15, -0.1) is 0 Å². The van der Waals surface area contributed by atoms with Crippen LogP contribution in [0.2, 0.25) is 0 Å². The van der Waals surface area contributed by atoms with Crippen molar-refractivity contribution in [3.8, 4) is 11.3 Å². The van der Waals surface area contributed by atoms with Crippen LogP contribution in [0.25, 0.3) is 11.3 Å². The number of hydrogen-bond acceptors (Lipinski definition) is 4. The third-order valence-electron chi connectivity index (χ3n) is 2.71. The lowest BCUT2D eigenvalue weighted by Gasteiger charge is -2.08. The molecule has 0 saturated carbocycles. The molecule has 2 aromatic rings. The summed E-state index contributed by atoms with van der Waals surface area (Å²) < 4.78 is 1.78. The Morgan fingerprint density at radius 2 is 2.17 bits per heavy atom. The highest BCUT2D eigenvalue weighted by Gasteiger charge is 2.04. The van der Waals surface area contributed by atoms with E-state index in [1.165, 1.54) is 0 Å². The normalized spacial score (nSPS) is 11.1. The van der Waals surface area contributed by atoms with E-state index in [0.29, 0.717) is 0 Å². The van der Waals surface area contributed by atoms with E-state index in [9.17, 15) is 0 Å². The molecule has 0 aliphatic rings. The zero-order chi connectivity index (χ0) is 13.0. The highest BCUT2D eigenvalue weighted by Crippen LogP contribution is 2.15. The minimum atomic E-state index is 0.901. The molecule has 0 spiro atoms. The van der Waals surface area contributed by atoms with E-state index in [1.807, 2.05) is 31.7 Å². The van der Waals surface area contributed by atoms with Crippen LogP contribution in [0.15, 0.2) is 24.7 Å². The fourth-order valence-corrected chi connectivity index (χ4v) is 1.79. The maximum absolute atomic E-state index is 4.57. The highest BCUT2D eigenvalue weighted by atomic mass is 15.2. The molecule has 2 aromatic heterocycles. The number of nitrogens with zero attached hydrogens (tertiary/aromatic N) is 5. The summed E-state index contributed by atoms with van der Waals surface area (Å²) in [6.45, 7) is 1.06. The molecule has 2 heterocycles. The van der Waals surface area contributed by atoms with E-state index < -0.39 is 0 Å². The van der Waals surface area contributed by atoms with Crippen molar-refractivity contribution >= 4 is 0 Å². The minimum absolute atomic E-state index is 0.901. The van der Waals surface area contributed by atoms with E-state index in [0.717, 1.165) is 36.5 Å². The van der Waals surface area contributed by atoms with Crippen LogP contribution in [0.4, 0.5) is 0 Å². The summed E-state index contributed by atoms with van der Waals surface area (Å²) in [5.74, 6) is 0.901. The molecule has 96 valence electrons. The number of aryl methyl sites for hydroxylation is 2. The van der Waals surface area contributed by atoms with Gasteiger partial charge < -0.3 is 4.90 Å². The summed E-state index contributed by atoms with van der Waals surface area (Å²) >= 11 is 0. The van der Waals surface area contributed by atoms with Crippen molar-refractivity contribution in [2.75, 3.05) is 20.6 Å². The first kappa shape index (κ1) is 12.7. The molecule has 0 atom stereocenters. The maximum atomic E-state index is 4.57.